The number of hydrogen-bond donors (Lipinski definition) is 3. The zero-order chi connectivity index (χ0) is 11.1. The Labute approximate surface area is 85.6 Å². The first-order valence-electron chi connectivity index (χ1n) is 4.78. The molecule has 0 spiro atoms. The van der Waals surface area contributed by atoms with Gasteiger partial charge in [-0.2, -0.15) is 0 Å². The van der Waals surface area contributed by atoms with Gasteiger partial charge in [0, 0.05) is 12.1 Å². The summed E-state index contributed by atoms with van der Waals surface area (Å²) >= 11 is 0. The molecule has 1 aromatic rings. The molecule has 14 heavy (non-hydrogen) atoms. The highest BCUT2D eigenvalue weighted by Crippen LogP contribution is 2.08. The average Bonchev–Trinajstić information content (AvgIpc) is 2.20. The van der Waals surface area contributed by atoms with Crippen molar-refractivity contribution in [2.45, 2.75) is 27.3 Å². The molecular weight excluding hydrogens is 174 g/mol. The fourth-order valence-electron chi connectivity index (χ4n) is 1.14. The van der Waals surface area contributed by atoms with E-state index in [1.54, 1.807) is 0 Å². The molecule has 0 aliphatic rings. The van der Waals surface area contributed by atoms with E-state index in [9.17, 15) is 0 Å². The first-order valence-corrected chi connectivity index (χ1v) is 4.78. The fourth-order valence-corrected chi connectivity index (χ4v) is 1.14. The fraction of sp³-hybridized carbons (Fsp3) is 0.364. The maximum atomic E-state index is 7.24. The Hall–Kier alpha value is -1.35. The largest absolute Gasteiger partial charge is 0.384 e. The second-order valence-electron chi connectivity index (χ2n) is 2.83. The van der Waals surface area contributed by atoms with Gasteiger partial charge in [-0.15, -0.1) is 0 Å². The molecule has 1 aromatic carbocycles. The van der Waals surface area contributed by atoms with Gasteiger partial charge in [-0.05, 0) is 24.6 Å². The molecule has 0 bridgehead atoms. The number of nitrogens with two attached hydrogens (primary N) is 2. The van der Waals surface area contributed by atoms with Gasteiger partial charge in [-0.1, -0.05) is 25.5 Å². The molecule has 1 rings (SSSR count). The quantitative estimate of drug-likeness (QED) is 0.494. The second kappa shape index (κ2) is 6.16. The lowest BCUT2D eigenvalue weighted by atomic mass is 10.1. The van der Waals surface area contributed by atoms with Crippen LogP contribution in [-0.2, 0) is 6.54 Å². The van der Waals surface area contributed by atoms with Crippen LogP contribution >= 0.6 is 0 Å². The van der Waals surface area contributed by atoms with E-state index in [-0.39, 0.29) is 5.84 Å². The zero-order valence-corrected chi connectivity index (χ0v) is 9.09. The first kappa shape index (κ1) is 12.7. The maximum Gasteiger partial charge on any atom is 0.122 e. The molecule has 0 radical (unpaired) electrons. The zero-order valence-electron chi connectivity index (χ0n) is 9.09. The van der Waals surface area contributed by atoms with Crippen molar-refractivity contribution in [3.05, 3.63) is 34.9 Å². The highest BCUT2D eigenvalue weighted by molar-refractivity contribution is 5.95. The highest BCUT2D eigenvalue weighted by Gasteiger charge is 1.99. The van der Waals surface area contributed by atoms with Gasteiger partial charge >= 0.3 is 0 Å². The van der Waals surface area contributed by atoms with Crippen molar-refractivity contribution in [1.29, 1.82) is 5.41 Å². The van der Waals surface area contributed by atoms with Crippen LogP contribution < -0.4 is 11.5 Å². The van der Waals surface area contributed by atoms with Crippen molar-refractivity contribution in [2.24, 2.45) is 11.5 Å². The van der Waals surface area contributed by atoms with Crippen molar-refractivity contribution in [3.8, 4) is 0 Å². The lowest BCUT2D eigenvalue weighted by Crippen LogP contribution is -2.12. The minimum atomic E-state index is 0.0911. The number of rotatable bonds is 2. The van der Waals surface area contributed by atoms with Crippen LogP contribution in [0.3, 0.4) is 0 Å². The molecule has 0 fully saturated rings. The normalized spacial score (nSPS) is 8.86. The van der Waals surface area contributed by atoms with Crippen LogP contribution in [0.1, 0.15) is 30.5 Å². The number of nitrogen functional groups attached to an aromatic ring is 1. The lowest BCUT2D eigenvalue weighted by molar-refractivity contribution is 1.06. The molecule has 0 aromatic heterocycles. The summed E-state index contributed by atoms with van der Waals surface area (Å²) < 4.78 is 0. The van der Waals surface area contributed by atoms with Gasteiger partial charge in [0.2, 0.25) is 0 Å². The van der Waals surface area contributed by atoms with E-state index in [2.05, 4.69) is 0 Å². The van der Waals surface area contributed by atoms with Crippen LogP contribution in [0.2, 0.25) is 0 Å². The van der Waals surface area contributed by atoms with Gasteiger partial charge in [0.25, 0.3) is 0 Å². The van der Waals surface area contributed by atoms with Crippen LogP contribution in [0.5, 0.6) is 0 Å². The Balaban J connectivity index is 0.000000791. The SMILES string of the molecule is CC.Cc1cc(CN)cc(C(=N)N)c1. The Kier molecular flexibility index (Phi) is 5.56. The molecule has 3 nitrogen and oxygen atoms in total. The van der Waals surface area contributed by atoms with E-state index in [1.807, 2.05) is 39.0 Å². The molecule has 0 aliphatic heterocycles. The van der Waals surface area contributed by atoms with Crippen LogP contribution in [-0.4, -0.2) is 5.84 Å². The molecule has 0 unspecified atom stereocenters. The minimum Gasteiger partial charge on any atom is -0.384 e. The first-order chi connectivity index (χ1) is 6.63. The van der Waals surface area contributed by atoms with E-state index >= 15 is 0 Å². The van der Waals surface area contributed by atoms with E-state index in [0.717, 1.165) is 16.7 Å². The second-order valence-corrected chi connectivity index (χ2v) is 2.83. The van der Waals surface area contributed by atoms with Crippen molar-refractivity contribution in [3.63, 3.8) is 0 Å². The lowest BCUT2D eigenvalue weighted by Gasteiger charge is -2.03. The van der Waals surface area contributed by atoms with Gasteiger partial charge < -0.3 is 11.5 Å². The van der Waals surface area contributed by atoms with Crippen molar-refractivity contribution < 1.29 is 0 Å². The third-order valence-corrected chi connectivity index (χ3v) is 1.68. The van der Waals surface area contributed by atoms with E-state index < -0.39 is 0 Å². The summed E-state index contributed by atoms with van der Waals surface area (Å²) in [7, 11) is 0. The van der Waals surface area contributed by atoms with E-state index in [4.69, 9.17) is 16.9 Å². The summed E-state index contributed by atoms with van der Waals surface area (Å²) in [5.74, 6) is 0.0911. The number of amidine groups is 1. The third-order valence-electron chi connectivity index (χ3n) is 1.68. The van der Waals surface area contributed by atoms with Crippen molar-refractivity contribution in [2.75, 3.05) is 0 Å². The van der Waals surface area contributed by atoms with Gasteiger partial charge in [0.1, 0.15) is 5.84 Å². The summed E-state index contributed by atoms with van der Waals surface area (Å²) in [4.78, 5) is 0. The molecular formula is C11H19N3. The maximum absolute atomic E-state index is 7.24. The smallest absolute Gasteiger partial charge is 0.122 e. The molecule has 5 N–H and O–H groups in total. The Bertz CT molecular complexity index is 305. The van der Waals surface area contributed by atoms with Crippen LogP contribution in [0.25, 0.3) is 0 Å². The van der Waals surface area contributed by atoms with Gasteiger partial charge in [-0.3, -0.25) is 5.41 Å². The number of aryl methyl sites for hydroxylation is 1. The predicted molar refractivity (Wildman–Crippen MR) is 61.4 cm³/mol. The van der Waals surface area contributed by atoms with Crippen molar-refractivity contribution in [1.82, 2.24) is 0 Å². The Morgan fingerprint density at radius 1 is 1.29 bits per heavy atom. The van der Waals surface area contributed by atoms with Crippen LogP contribution in [0, 0.1) is 12.3 Å². The Morgan fingerprint density at radius 3 is 2.29 bits per heavy atom. The number of nitrogens with one attached hydrogen (secondary N) is 1. The van der Waals surface area contributed by atoms with E-state index in [0.29, 0.717) is 6.54 Å². The molecule has 0 saturated heterocycles. The molecule has 3 heteroatoms. The molecule has 0 heterocycles. The summed E-state index contributed by atoms with van der Waals surface area (Å²) in [6.07, 6.45) is 0. The summed E-state index contributed by atoms with van der Waals surface area (Å²) in [6.45, 7) is 6.45. The van der Waals surface area contributed by atoms with Crippen LogP contribution in [0.4, 0.5) is 0 Å². The highest BCUT2D eigenvalue weighted by atomic mass is 14.7. The van der Waals surface area contributed by atoms with E-state index in [1.165, 1.54) is 0 Å². The third kappa shape index (κ3) is 3.58. The van der Waals surface area contributed by atoms with Gasteiger partial charge in [-0.25, -0.2) is 0 Å². The standard InChI is InChI=1S/C9H13N3.C2H6/c1-6-2-7(5-10)4-8(3-6)9(11)12;1-2/h2-4H,5,10H2,1H3,(H3,11,12);1-2H3. The number of hydrogen-bond acceptors (Lipinski definition) is 2. The van der Waals surface area contributed by atoms with Gasteiger partial charge in [0.05, 0.1) is 0 Å². The topological polar surface area (TPSA) is 75.9 Å². The molecule has 0 saturated carbocycles. The summed E-state index contributed by atoms with van der Waals surface area (Å²) in [5, 5.41) is 7.24. The Morgan fingerprint density at radius 2 is 1.86 bits per heavy atom. The summed E-state index contributed by atoms with van der Waals surface area (Å²) in [5.41, 5.74) is 13.7. The number of benzene rings is 1. The summed E-state index contributed by atoms with van der Waals surface area (Å²) in [6, 6.07) is 5.71. The molecule has 78 valence electrons. The molecule has 0 amide bonds. The average molecular weight is 193 g/mol. The molecule has 0 aliphatic carbocycles. The van der Waals surface area contributed by atoms with Gasteiger partial charge in [0.15, 0.2) is 0 Å². The molecule has 0 atom stereocenters. The minimum absolute atomic E-state index is 0.0911. The van der Waals surface area contributed by atoms with Crippen LogP contribution in [0.15, 0.2) is 18.2 Å². The monoisotopic (exact) mass is 193 g/mol. The predicted octanol–water partition coefficient (Wildman–Crippen LogP) is 1.76. The van der Waals surface area contributed by atoms with Crippen molar-refractivity contribution >= 4 is 5.84 Å².